The van der Waals surface area contributed by atoms with Gasteiger partial charge < -0.3 is 15.1 Å². The van der Waals surface area contributed by atoms with Crippen LogP contribution in [0.3, 0.4) is 0 Å². The molecular formula is C21H27FN3O2+. The van der Waals surface area contributed by atoms with Crippen LogP contribution < -0.4 is 10.2 Å². The third-order valence-electron chi connectivity index (χ3n) is 4.35. The van der Waals surface area contributed by atoms with E-state index in [4.69, 9.17) is 0 Å². The van der Waals surface area contributed by atoms with E-state index in [1.807, 2.05) is 39.1 Å². The zero-order valence-corrected chi connectivity index (χ0v) is 16.3. The van der Waals surface area contributed by atoms with Crippen LogP contribution in [0.25, 0.3) is 0 Å². The summed E-state index contributed by atoms with van der Waals surface area (Å²) < 4.78 is 13.0. The Morgan fingerprint density at radius 1 is 1.11 bits per heavy atom. The zero-order valence-electron chi connectivity index (χ0n) is 16.3. The lowest BCUT2D eigenvalue weighted by Gasteiger charge is -2.20. The van der Waals surface area contributed by atoms with Gasteiger partial charge in [-0.05, 0) is 43.2 Å². The van der Waals surface area contributed by atoms with Crippen molar-refractivity contribution < 1.29 is 18.9 Å². The minimum absolute atomic E-state index is 0.00393. The van der Waals surface area contributed by atoms with Crippen LogP contribution in [0.2, 0.25) is 0 Å². The van der Waals surface area contributed by atoms with Crippen LogP contribution >= 0.6 is 0 Å². The van der Waals surface area contributed by atoms with E-state index in [0.717, 1.165) is 27.3 Å². The number of nitrogens with one attached hydrogen (secondary N) is 2. The molecule has 2 amide bonds. The summed E-state index contributed by atoms with van der Waals surface area (Å²) in [6, 6.07) is 12.1. The summed E-state index contributed by atoms with van der Waals surface area (Å²) in [5, 5.41) is 2.86. The number of aryl methyl sites for hydroxylation is 2. The molecule has 1 atom stereocenters. The molecule has 0 bridgehead atoms. The van der Waals surface area contributed by atoms with Crippen molar-refractivity contribution >= 4 is 17.5 Å². The number of hydrogen-bond donors (Lipinski definition) is 2. The minimum Gasteiger partial charge on any atom is -0.332 e. The molecule has 0 aliphatic rings. The number of rotatable bonds is 7. The molecule has 5 nitrogen and oxygen atoms in total. The van der Waals surface area contributed by atoms with Crippen LogP contribution in [0, 0.1) is 19.7 Å². The Labute approximate surface area is 159 Å². The Hall–Kier alpha value is -2.73. The molecule has 2 rings (SSSR count). The highest BCUT2D eigenvalue weighted by Crippen LogP contribution is 2.16. The molecule has 0 fully saturated rings. The standard InChI is InChI=1S/C21H26FN3O2/c1-15-5-6-16(2)19(11-15)23-20(26)13-25(4)21(27)14-24(3)12-17-7-9-18(22)10-8-17/h5-11H,12-14H2,1-4H3,(H,23,26)/p+1. The number of anilines is 1. The maximum absolute atomic E-state index is 13.0. The third kappa shape index (κ3) is 6.49. The summed E-state index contributed by atoms with van der Waals surface area (Å²) in [5.41, 5.74) is 3.76. The molecule has 0 aromatic heterocycles. The molecule has 1 unspecified atom stereocenters. The zero-order chi connectivity index (χ0) is 20.0. The highest BCUT2D eigenvalue weighted by atomic mass is 19.1. The summed E-state index contributed by atoms with van der Waals surface area (Å²) in [5.74, 6) is -0.622. The smallest absolute Gasteiger partial charge is 0.277 e. The molecule has 0 radical (unpaired) electrons. The third-order valence-corrected chi connectivity index (χ3v) is 4.35. The minimum atomic E-state index is -0.276. The number of quaternary nitrogens is 1. The lowest BCUT2D eigenvalue weighted by molar-refractivity contribution is -0.885. The molecular weight excluding hydrogens is 345 g/mol. The first-order chi connectivity index (χ1) is 12.7. The van der Waals surface area contributed by atoms with Crippen molar-refractivity contribution in [2.75, 3.05) is 32.5 Å². The Balaban J connectivity index is 1.84. The summed E-state index contributed by atoms with van der Waals surface area (Å²) in [6.07, 6.45) is 0. The number of halogens is 1. The number of benzene rings is 2. The van der Waals surface area contributed by atoms with Crippen LogP contribution in [0.5, 0.6) is 0 Å². The van der Waals surface area contributed by atoms with E-state index in [1.54, 1.807) is 19.2 Å². The fourth-order valence-corrected chi connectivity index (χ4v) is 2.77. The van der Waals surface area contributed by atoms with Gasteiger partial charge in [-0.1, -0.05) is 24.3 Å². The molecule has 0 saturated carbocycles. The van der Waals surface area contributed by atoms with Gasteiger partial charge in [-0.15, -0.1) is 0 Å². The number of hydrogen-bond acceptors (Lipinski definition) is 2. The van der Waals surface area contributed by atoms with Crippen molar-refractivity contribution in [3.8, 4) is 0 Å². The highest BCUT2D eigenvalue weighted by Gasteiger charge is 2.18. The van der Waals surface area contributed by atoms with Gasteiger partial charge in [0.25, 0.3) is 5.91 Å². The summed E-state index contributed by atoms with van der Waals surface area (Å²) in [6.45, 7) is 4.75. The van der Waals surface area contributed by atoms with E-state index < -0.39 is 0 Å². The SMILES string of the molecule is Cc1ccc(C)c(NC(=O)CN(C)C(=O)C[NH+](C)Cc2ccc(F)cc2)c1. The number of likely N-dealkylation sites (N-methyl/N-ethyl adjacent to an activating group) is 2. The van der Waals surface area contributed by atoms with Crippen LogP contribution in [0.4, 0.5) is 10.1 Å². The van der Waals surface area contributed by atoms with Gasteiger partial charge in [0.15, 0.2) is 6.54 Å². The Kier molecular flexibility index (Phi) is 7.07. The summed E-state index contributed by atoms with van der Waals surface area (Å²) in [7, 11) is 3.52. The van der Waals surface area contributed by atoms with Gasteiger partial charge >= 0.3 is 0 Å². The Morgan fingerprint density at radius 3 is 2.44 bits per heavy atom. The van der Waals surface area contributed by atoms with Gasteiger partial charge in [0, 0.05) is 18.3 Å². The number of nitrogens with zero attached hydrogens (tertiary/aromatic N) is 1. The second-order valence-corrected chi connectivity index (χ2v) is 7.05. The molecule has 0 spiro atoms. The first-order valence-electron chi connectivity index (χ1n) is 8.91. The van der Waals surface area contributed by atoms with Crippen molar-refractivity contribution in [1.82, 2.24) is 4.90 Å². The van der Waals surface area contributed by atoms with Gasteiger partial charge in [0.2, 0.25) is 5.91 Å². The molecule has 0 saturated heterocycles. The normalized spacial score (nSPS) is 11.7. The van der Waals surface area contributed by atoms with E-state index in [0.29, 0.717) is 6.54 Å². The summed E-state index contributed by atoms with van der Waals surface area (Å²) >= 11 is 0. The maximum atomic E-state index is 13.0. The summed E-state index contributed by atoms with van der Waals surface area (Å²) in [4.78, 5) is 27.0. The van der Waals surface area contributed by atoms with Crippen molar-refractivity contribution in [1.29, 1.82) is 0 Å². The quantitative estimate of drug-likeness (QED) is 0.775. The fourth-order valence-electron chi connectivity index (χ4n) is 2.77. The predicted octanol–water partition coefficient (Wildman–Crippen LogP) is 1.55. The van der Waals surface area contributed by atoms with Gasteiger partial charge in [0.1, 0.15) is 12.4 Å². The van der Waals surface area contributed by atoms with Gasteiger partial charge in [-0.2, -0.15) is 0 Å². The van der Waals surface area contributed by atoms with Crippen LogP contribution in [-0.4, -0.2) is 43.9 Å². The Bertz CT molecular complexity index is 806. The maximum Gasteiger partial charge on any atom is 0.277 e. The monoisotopic (exact) mass is 372 g/mol. The Morgan fingerprint density at radius 2 is 1.78 bits per heavy atom. The number of carbonyl (C=O) groups is 2. The molecule has 144 valence electrons. The predicted molar refractivity (Wildman–Crippen MR) is 104 cm³/mol. The second kappa shape index (κ2) is 9.28. The molecule has 0 aliphatic heterocycles. The van der Waals surface area contributed by atoms with E-state index >= 15 is 0 Å². The molecule has 6 heteroatoms. The molecule has 27 heavy (non-hydrogen) atoms. The van der Waals surface area contributed by atoms with Crippen molar-refractivity contribution in [3.05, 3.63) is 65.0 Å². The largest absolute Gasteiger partial charge is 0.332 e. The van der Waals surface area contributed by atoms with Gasteiger partial charge in [-0.3, -0.25) is 9.59 Å². The highest BCUT2D eigenvalue weighted by molar-refractivity contribution is 5.95. The molecule has 2 N–H and O–H groups in total. The average molecular weight is 372 g/mol. The van der Waals surface area contributed by atoms with Crippen molar-refractivity contribution in [2.45, 2.75) is 20.4 Å². The van der Waals surface area contributed by atoms with E-state index in [-0.39, 0.29) is 30.7 Å². The van der Waals surface area contributed by atoms with Crippen LogP contribution in [-0.2, 0) is 16.1 Å². The molecule has 0 heterocycles. The van der Waals surface area contributed by atoms with E-state index in [2.05, 4.69) is 5.32 Å². The lowest BCUT2D eigenvalue weighted by atomic mass is 10.1. The topological polar surface area (TPSA) is 53.9 Å². The average Bonchev–Trinajstić information content (AvgIpc) is 2.60. The molecule has 0 aliphatic carbocycles. The van der Waals surface area contributed by atoms with E-state index in [9.17, 15) is 14.0 Å². The van der Waals surface area contributed by atoms with Crippen molar-refractivity contribution in [3.63, 3.8) is 0 Å². The lowest BCUT2D eigenvalue weighted by Crippen LogP contribution is -3.08. The first-order valence-corrected chi connectivity index (χ1v) is 8.91. The van der Waals surface area contributed by atoms with Crippen LogP contribution in [0.1, 0.15) is 16.7 Å². The van der Waals surface area contributed by atoms with Gasteiger partial charge in [0.05, 0.1) is 13.6 Å². The fraction of sp³-hybridized carbons (Fsp3) is 0.333. The van der Waals surface area contributed by atoms with Crippen molar-refractivity contribution in [2.24, 2.45) is 0 Å². The number of carbonyl (C=O) groups excluding carboxylic acids is 2. The second-order valence-electron chi connectivity index (χ2n) is 7.05. The van der Waals surface area contributed by atoms with Crippen LogP contribution in [0.15, 0.2) is 42.5 Å². The number of amides is 2. The molecule has 2 aromatic rings. The van der Waals surface area contributed by atoms with E-state index in [1.165, 1.54) is 17.0 Å². The molecule has 2 aromatic carbocycles. The first kappa shape index (κ1) is 20.6. The van der Waals surface area contributed by atoms with Gasteiger partial charge in [-0.25, -0.2) is 4.39 Å².